The first-order valence-electron chi connectivity index (χ1n) is 7.47. The molecule has 0 atom stereocenters. The summed E-state index contributed by atoms with van der Waals surface area (Å²) in [6.45, 7) is 0.471. The molecule has 1 fully saturated rings. The fourth-order valence-electron chi connectivity index (χ4n) is 2.69. The quantitative estimate of drug-likeness (QED) is 0.595. The number of nitrogens with one attached hydrogen (secondary N) is 2. The molecule has 1 heterocycles. The number of nitrogens with two attached hydrogens (primary N) is 1. The number of aliphatic imine (C=N–C) groups is 1. The zero-order valence-electron chi connectivity index (χ0n) is 12.0. The topological polar surface area (TPSA) is 79.1 Å². The molecule has 0 unspecified atom stereocenters. The van der Waals surface area contributed by atoms with Gasteiger partial charge in [0.25, 0.3) is 0 Å². The van der Waals surface area contributed by atoms with Crippen molar-refractivity contribution in [2.24, 2.45) is 10.7 Å². The predicted molar refractivity (Wildman–Crippen MR) is 84.7 cm³/mol. The molecule has 0 aliphatic heterocycles. The smallest absolute Gasteiger partial charge is 0.189 e. The second-order valence-electron chi connectivity index (χ2n) is 5.44. The summed E-state index contributed by atoms with van der Waals surface area (Å²) in [5.41, 5.74) is 8.04. The summed E-state index contributed by atoms with van der Waals surface area (Å²) >= 11 is 0. The highest BCUT2D eigenvalue weighted by molar-refractivity contribution is 5.78. The summed E-state index contributed by atoms with van der Waals surface area (Å²) in [6, 6.07) is 10.6. The fourth-order valence-corrected chi connectivity index (χ4v) is 2.69. The Balaban J connectivity index is 1.59. The summed E-state index contributed by atoms with van der Waals surface area (Å²) in [7, 11) is 0. The highest BCUT2D eigenvalue weighted by Gasteiger charge is 2.14. The lowest BCUT2D eigenvalue weighted by molar-refractivity contribution is 0.625. The maximum absolute atomic E-state index is 5.92. The van der Waals surface area contributed by atoms with E-state index in [2.05, 4.69) is 32.4 Å². The number of aromatic nitrogens is 2. The van der Waals surface area contributed by atoms with Crippen LogP contribution in [0.5, 0.6) is 0 Å². The van der Waals surface area contributed by atoms with Gasteiger partial charge in [0.05, 0.1) is 11.9 Å². The van der Waals surface area contributed by atoms with Gasteiger partial charge >= 0.3 is 0 Å². The van der Waals surface area contributed by atoms with Crippen molar-refractivity contribution in [3.05, 3.63) is 42.4 Å². The molecule has 0 spiro atoms. The zero-order valence-corrected chi connectivity index (χ0v) is 12.0. The van der Waals surface area contributed by atoms with Gasteiger partial charge in [-0.1, -0.05) is 43.2 Å². The number of hydrogen-bond donors (Lipinski definition) is 3. The Labute approximate surface area is 124 Å². The van der Waals surface area contributed by atoms with E-state index in [1.807, 2.05) is 24.4 Å². The van der Waals surface area contributed by atoms with Crippen LogP contribution in [0.1, 0.15) is 31.5 Å². The fraction of sp³-hybridized carbons (Fsp3) is 0.375. The molecule has 0 radical (unpaired) electrons. The van der Waals surface area contributed by atoms with Crippen LogP contribution >= 0.6 is 0 Å². The highest BCUT2D eigenvalue weighted by atomic mass is 15.1. The zero-order chi connectivity index (χ0) is 14.5. The average Bonchev–Trinajstić information content (AvgIpc) is 3.17. The third kappa shape index (κ3) is 3.62. The van der Waals surface area contributed by atoms with E-state index in [9.17, 15) is 0 Å². The molecule has 0 bridgehead atoms. The Morgan fingerprint density at radius 2 is 2.05 bits per heavy atom. The first-order chi connectivity index (χ1) is 10.3. The lowest BCUT2D eigenvalue weighted by Gasteiger charge is -2.11. The largest absolute Gasteiger partial charge is 0.370 e. The van der Waals surface area contributed by atoms with Gasteiger partial charge in [0.2, 0.25) is 0 Å². The van der Waals surface area contributed by atoms with Gasteiger partial charge in [-0.3, -0.25) is 0 Å². The number of imidazole rings is 1. The molecule has 3 rings (SSSR count). The van der Waals surface area contributed by atoms with Crippen LogP contribution in [0.15, 0.2) is 41.5 Å². The molecule has 4 N–H and O–H groups in total. The van der Waals surface area contributed by atoms with Crippen LogP contribution in [0.4, 0.5) is 0 Å². The number of nitrogens with zero attached hydrogens (tertiary/aromatic N) is 2. The normalized spacial score (nSPS) is 16.3. The molecule has 0 saturated heterocycles. The summed E-state index contributed by atoms with van der Waals surface area (Å²) in [4.78, 5) is 12.0. The Kier molecular flexibility index (Phi) is 4.19. The van der Waals surface area contributed by atoms with Crippen molar-refractivity contribution in [2.75, 3.05) is 0 Å². The lowest BCUT2D eigenvalue weighted by Crippen LogP contribution is -2.38. The van der Waals surface area contributed by atoms with Crippen molar-refractivity contribution in [3.8, 4) is 11.3 Å². The van der Waals surface area contributed by atoms with E-state index in [4.69, 9.17) is 5.73 Å². The van der Waals surface area contributed by atoms with Gasteiger partial charge < -0.3 is 16.0 Å². The van der Waals surface area contributed by atoms with E-state index >= 15 is 0 Å². The average molecular weight is 283 g/mol. The van der Waals surface area contributed by atoms with Gasteiger partial charge in [0, 0.05) is 6.04 Å². The summed E-state index contributed by atoms with van der Waals surface area (Å²) in [6.07, 6.45) is 6.78. The van der Waals surface area contributed by atoms with Crippen molar-refractivity contribution >= 4 is 5.96 Å². The second-order valence-corrected chi connectivity index (χ2v) is 5.44. The minimum absolute atomic E-state index is 0.471. The molecule has 110 valence electrons. The number of benzene rings is 1. The number of rotatable bonds is 4. The Morgan fingerprint density at radius 3 is 2.81 bits per heavy atom. The van der Waals surface area contributed by atoms with Gasteiger partial charge in [0.15, 0.2) is 5.96 Å². The van der Waals surface area contributed by atoms with Crippen LogP contribution in [0.3, 0.4) is 0 Å². The van der Waals surface area contributed by atoms with Crippen molar-refractivity contribution < 1.29 is 0 Å². The second kappa shape index (κ2) is 6.43. The molecule has 1 aromatic heterocycles. The SMILES string of the molecule is NC(=NCc1ncc(-c2ccccc2)[nH]1)NC1CCCC1. The molecule has 0 amide bonds. The van der Waals surface area contributed by atoms with E-state index in [-0.39, 0.29) is 0 Å². The molecule has 1 aliphatic rings. The molecular formula is C16H21N5. The molecule has 21 heavy (non-hydrogen) atoms. The third-order valence-corrected chi connectivity index (χ3v) is 3.82. The number of guanidine groups is 1. The number of aromatic amines is 1. The summed E-state index contributed by atoms with van der Waals surface area (Å²) < 4.78 is 0. The van der Waals surface area contributed by atoms with Gasteiger partial charge in [-0.25, -0.2) is 9.98 Å². The summed E-state index contributed by atoms with van der Waals surface area (Å²) in [5.74, 6) is 1.34. The number of hydrogen-bond acceptors (Lipinski definition) is 2. The monoisotopic (exact) mass is 283 g/mol. The van der Waals surface area contributed by atoms with Crippen molar-refractivity contribution in [1.29, 1.82) is 0 Å². The maximum Gasteiger partial charge on any atom is 0.189 e. The van der Waals surface area contributed by atoms with E-state index in [1.54, 1.807) is 0 Å². The van der Waals surface area contributed by atoms with Gasteiger partial charge in [0.1, 0.15) is 12.4 Å². The Hall–Kier alpha value is -2.30. The lowest BCUT2D eigenvalue weighted by atomic mass is 10.2. The molecule has 5 nitrogen and oxygen atoms in total. The van der Waals surface area contributed by atoms with E-state index < -0.39 is 0 Å². The van der Waals surface area contributed by atoms with Crippen LogP contribution in [0.25, 0.3) is 11.3 Å². The minimum Gasteiger partial charge on any atom is -0.370 e. The van der Waals surface area contributed by atoms with Crippen LogP contribution in [0, 0.1) is 0 Å². The van der Waals surface area contributed by atoms with Gasteiger partial charge in [-0.2, -0.15) is 0 Å². The predicted octanol–water partition coefficient (Wildman–Crippen LogP) is 2.42. The minimum atomic E-state index is 0.471. The van der Waals surface area contributed by atoms with E-state index in [0.717, 1.165) is 17.1 Å². The van der Waals surface area contributed by atoms with Crippen LogP contribution in [-0.4, -0.2) is 22.0 Å². The maximum atomic E-state index is 5.92. The molecule has 1 saturated carbocycles. The highest BCUT2D eigenvalue weighted by Crippen LogP contribution is 2.18. The first kappa shape index (κ1) is 13.7. The number of H-pyrrole nitrogens is 1. The standard InChI is InChI=1S/C16H21N5/c17-16(20-13-8-4-5-9-13)19-11-15-18-10-14(21-15)12-6-2-1-3-7-12/h1-3,6-7,10,13H,4-5,8-9,11H2,(H,18,21)(H3,17,19,20). The summed E-state index contributed by atoms with van der Waals surface area (Å²) in [5, 5.41) is 3.27. The molecule has 2 aromatic rings. The Bertz CT molecular complexity index is 596. The molecule has 1 aromatic carbocycles. The van der Waals surface area contributed by atoms with E-state index in [0.29, 0.717) is 18.5 Å². The van der Waals surface area contributed by atoms with E-state index in [1.165, 1.54) is 25.7 Å². The molecule has 5 heteroatoms. The molecular weight excluding hydrogens is 262 g/mol. The third-order valence-electron chi connectivity index (χ3n) is 3.82. The van der Waals surface area contributed by atoms with Crippen molar-refractivity contribution in [3.63, 3.8) is 0 Å². The van der Waals surface area contributed by atoms with Crippen LogP contribution in [0.2, 0.25) is 0 Å². The molecule has 1 aliphatic carbocycles. The van der Waals surface area contributed by atoms with Gasteiger partial charge in [-0.05, 0) is 18.4 Å². The van der Waals surface area contributed by atoms with Crippen molar-refractivity contribution in [2.45, 2.75) is 38.3 Å². The first-order valence-corrected chi connectivity index (χ1v) is 7.47. The van der Waals surface area contributed by atoms with Crippen molar-refractivity contribution in [1.82, 2.24) is 15.3 Å². The van der Waals surface area contributed by atoms with Crippen LogP contribution < -0.4 is 11.1 Å². The Morgan fingerprint density at radius 1 is 1.29 bits per heavy atom. The van der Waals surface area contributed by atoms with Crippen LogP contribution in [-0.2, 0) is 6.54 Å². The van der Waals surface area contributed by atoms with Gasteiger partial charge in [-0.15, -0.1) is 0 Å².